The molecule has 2 aromatic rings. The number of aryl methyl sites for hydroxylation is 2. The third kappa shape index (κ3) is 4.09. The first-order valence-electron chi connectivity index (χ1n) is 8.22. The summed E-state index contributed by atoms with van der Waals surface area (Å²) in [6.07, 6.45) is 4.14. The van der Waals surface area contributed by atoms with Gasteiger partial charge in [-0.3, -0.25) is 4.79 Å². The van der Waals surface area contributed by atoms with Crippen LogP contribution in [0.3, 0.4) is 0 Å². The molecule has 1 saturated heterocycles. The van der Waals surface area contributed by atoms with E-state index >= 15 is 0 Å². The van der Waals surface area contributed by atoms with E-state index in [1.165, 1.54) is 11.1 Å². The minimum Gasteiger partial charge on any atom is -0.354 e. The van der Waals surface area contributed by atoms with Gasteiger partial charge in [0.2, 0.25) is 5.91 Å². The lowest BCUT2D eigenvalue weighted by Gasteiger charge is -2.17. The van der Waals surface area contributed by atoms with Gasteiger partial charge < -0.3 is 10.2 Å². The fourth-order valence-corrected chi connectivity index (χ4v) is 3.07. The number of aromatic nitrogens is 1. The number of carbonyl (C=O) groups excluding carboxylic acids is 1. The summed E-state index contributed by atoms with van der Waals surface area (Å²) < 4.78 is 0. The van der Waals surface area contributed by atoms with Crippen molar-refractivity contribution in [1.29, 1.82) is 0 Å². The van der Waals surface area contributed by atoms with Crippen LogP contribution < -0.4 is 10.2 Å². The largest absolute Gasteiger partial charge is 0.354 e. The summed E-state index contributed by atoms with van der Waals surface area (Å²) in [5.41, 5.74) is 2.51. The van der Waals surface area contributed by atoms with Crippen LogP contribution in [0.1, 0.15) is 24.0 Å². The Morgan fingerprint density at radius 3 is 2.87 bits per heavy atom. The first kappa shape index (κ1) is 15.5. The Hall–Kier alpha value is -2.36. The Morgan fingerprint density at radius 1 is 1.26 bits per heavy atom. The lowest BCUT2D eigenvalue weighted by Crippen LogP contribution is -2.37. The Bertz CT molecular complexity index is 657. The van der Waals surface area contributed by atoms with Crippen molar-refractivity contribution in [1.82, 2.24) is 10.3 Å². The molecule has 4 heteroatoms. The number of amides is 1. The Labute approximate surface area is 137 Å². The van der Waals surface area contributed by atoms with Crippen LogP contribution in [0.5, 0.6) is 0 Å². The molecule has 4 nitrogen and oxygen atoms in total. The molecule has 0 aliphatic carbocycles. The van der Waals surface area contributed by atoms with Crippen LogP contribution in [0, 0.1) is 6.92 Å². The zero-order valence-electron chi connectivity index (χ0n) is 13.5. The van der Waals surface area contributed by atoms with Crippen LogP contribution in [0.4, 0.5) is 5.82 Å². The third-order valence-electron chi connectivity index (χ3n) is 4.41. The van der Waals surface area contributed by atoms with Crippen molar-refractivity contribution < 1.29 is 4.79 Å². The molecule has 0 bridgehead atoms. The average molecular weight is 309 g/mol. The summed E-state index contributed by atoms with van der Waals surface area (Å²) in [4.78, 5) is 18.8. The molecule has 23 heavy (non-hydrogen) atoms. The molecule has 1 N–H and O–H groups in total. The summed E-state index contributed by atoms with van der Waals surface area (Å²) in [7, 11) is 0. The molecule has 1 aliphatic heterocycles. The van der Waals surface area contributed by atoms with Gasteiger partial charge in [-0.2, -0.15) is 0 Å². The van der Waals surface area contributed by atoms with Gasteiger partial charge in [0.1, 0.15) is 5.82 Å². The number of hydrogen-bond acceptors (Lipinski definition) is 3. The molecule has 1 aromatic carbocycles. The molecular formula is C19H23N3O. The minimum absolute atomic E-state index is 0.140. The highest BCUT2D eigenvalue weighted by atomic mass is 16.1. The Morgan fingerprint density at radius 2 is 2.09 bits per heavy atom. The summed E-state index contributed by atoms with van der Waals surface area (Å²) >= 11 is 0. The topological polar surface area (TPSA) is 45.2 Å². The highest BCUT2D eigenvalue weighted by Gasteiger charge is 2.24. The predicted octanol–water partition coefficient (Wildman–Crippen LogP) is 2.72. The van der Waals surface area contributed by atoms with E-state index in [9.17, 15) is 4.79 Å². The maximum absolute atomic E-state index is 12.2. The van der Waals surface area contributed by atoms with E-state index in [1.54, 1.807) is 0 Å². The molecule has 0 radical (unpaired) electrons. The van der Waals surface area contributed by atoms with Gasteiger partial charge in [-0.05, 0) is 43.0 Å². The lowest BCUT2D eigenvalue weighted by molar-refractivity contribution is -0.121. The normalized spacial score (nSPS) is 17.3. The van der Waals surface area contributed by atoms with Crippen molar-refractivity contribution >= 4 is 11.7 Å². The number of nitrogens with zero attached hydrogens (tertiary/aromatic N) is 2. The zero-order chi connectivity index (χ0) is 16.1. The van der Waals surface area contributed by atoms with E-state index < -0.39 is 0 Å². The lowest BCUT2D eigenvalue weighted by atomic mass is 10.0. The van der Waals surface area contributed by atoms with Crippen molar-refractivity contribution in [2.45, 2.75) is 32.2 Å². The minimum atomic E-state index is 0.140. The first-order chi connectivity index (χ1) is 11.2. The smallest absolute Gasteiger partial charge is 0.220 e. The molecule has 1 aliphatic rings. The van der Waals surface area contributed by atoms with Crippen molar-refractivity contribution in [3.8, 4) is 0 Å². The standard InChI is InChI=1S/C19H23N3O/c1-15-6-2-3-7-16(15)9-10-19(23)21-17-11-13-22(14-17)18-8-4-5-12-20-18/h2-8,12,17H,9-11,13-14H2,1H3,(H,21,23). The fraction of sp³-hybridized carbons (Fsp3) is 0.368. The number of hydrogen-bond donors (Lipinski definition) is 1. The van der Waals surface area contributed by atoms with E-state index in [2.05, 4.69) is 34.3 Å². The van der Waals surface area contributed by atoms with E-state index in [0.717, 1.165) is 31.7 Å². The Balaban J connectivity index is 1.47. The molecule has 0 spiro atoms. The van der Waals surface area contributed by atoms with Gasteiger partial charge in [0.15, 0.2) is 0 Å². The van der Waals surface area contributed by atoms with E-state index in [1.807, 2.05) is 36.5 Å². The van der Waals surface area contributed by atoms with Gasteiger partial charge in [0.25, 0.3) is 0 Å². The van der Waals surface area contributed by atoms with Gasteiger partial charge in [0.05, 0.1) is 0 Å². The predicted molar refractivity (Wildman–Crippen MR) is 92.5 cm³/mol. The molecule has 3 rings (SSSR count). The summed E-state index contributed by atoms with van der Waals surface area (Å²) in [6, 6.07) is 14.4. The zero-order valence-corrected chi connectivity index (χ0v) is 13.5. The summed E-state index contributed by atoms with van der Waals surface area (Å²) in [6.45, 7) is 3.88. The maximum Gasteiger partial charge on any atom is 0.220 e. The van der Waals surface area contributed by atoms with E-state index in [0.29, 0.717) is 6.42 Å². The highest BCUT2D eigenvalue weighted by molar-refractivity contribution is 5.76. The number of anilines is 1. The second-order valence-electron chi connectivity index (χ2n) is 6.11. The van der Waals surface area contributed by atoms with Crippen molar-refractivity contribution in [2.75, 3.05) is 18.0 Å². The molecule has 120 valence electrons. The van der Waals surface area contributed by atoms with Crippen molar-refractivity contribution in [3.63, 3.8) is 0 Å². The van der Waals surface area contributed by atoms with Crippen LogP contribution >= 0.6 is 0 Å². The van der Waals surface area contributed by atoms with E-state index in [-0.39, 0.29) is 11.9 Å². The van der Waals surface area contributed by atoms with Gasteiger partial charge in [0, 0.05) is 31.7 Å². The Kier molecular flexibility index (Phi) is 4.91. The highest BCUT2D eigenvalue weighted by Crippen LogP contribution is 2.17. The van der Waals surface area contributed by atoms with Gasteiger partial charge in [-0.25, -0.2) is 4.98 Å². The van der Waals surface area contributed by atoms with Crippen LogP contribution in [0.2, 0.25) is 0 Å². The molecular weight excluding hydrogens is 286 g/mol. The first-order valence-corrected chi connectivity index (χ1v) is 8.22. The SMILES string of the molecule is Cc1ccccc1CCC(=O)NC1CCN(c2ccccn2)C1. The summed E-state index contributed by atoms with van der Waals surface area (Å²) in [5, 5.41) is 3.16. The van der Waals surface area contributed by atoms with Crippen molar-refractivity contribution in [2.24, 2.45) is 0 Å². The summed E-state index contributed by atoms with van der Waals surface area (Å²) in [5.74, 6) is 1.13. The van der Waals surface area contributed by atoms with Gasteiger partial charge in [-0.15, -0.1) is 0 Å². The second-order valence-corrected chi connectivity index (χ2v) is 6.11. The number of pyridine rings is 1. The number of rotatable bonds is 5. The van der Waals surface area contributed by atoms with Crippen LogP contribution in [0.15, 0.2) is 48.7 Å². The number of nitrogens with one attached hydrogen (secondary N) is 1. The van der Waals surface area contributed by atoms with Crippen LogP contribution in [-0.2, 0) is 11.2 Å². The van der Waals surface area contributed by atoms with Crippen LogP contribution in [-0.4, -0.2) is 30.0 Å². The van der Waals surface area contributed by atoms with Crippen molar-refractivity contribution in [3.05, 3.63) is 59.8 Å². The number of carbonyl (C=O) groups is 1. The van der Waals surface area contributed by atoms with Gasteiger partial charge >= 0.3 is 0 Å². The quantitative estimate of drug-likeness (QED) is 0.923. The third-order valence-corrected chi connectivity index (χ3v) is 4.41. The van der Waals surface area contributed by atoms with Gasteiger partial charge in [-0.1, -0.05) is 30.3 Å². The molecule has 2 heterocycles. The monoisotopic (exact) mass is 309 g/mol. The molecule has 1 atom stereocenters. The van der Waals surface area contributed by atoms with Crippen LogP contribution in [0.25, 0.3) is 0 Å². The fourth-order valence-electron chi connectivity index (χ4n) is 3.07. The maximum atomic E-state index is 12.2. The molecule has 1 fully saturated rings. The average Bonchev–Trinajstić information content (AvgIpc) is 3.03. The second kappa shape index (κ2) is 7.27. The van der Waals surface area contributed by atoms with E-state index in [4.69, 9.17) is 0 Å². The molecule has 0 saturated carbocycles. The number of benzene rings is 1. The molecule has 1 amide bonds. The molecule has 1 aromatic heterocycles. The molecule has 1 unspecified atom stereocenters.